The minimum atomic E-state index is -0.0438. The SMILES string of the molecule is CCCOc1ccc(C(=O)c2cccc(Cl)c2C)cc1Br. The molecule has 21 heavy (non-hydrogen) atoms. The molecule has 2 aromatic rings. The molecule has 2 rings (SSSR count). The molecule has 0 heterocycles. The standard InChI is InChI=1S/C17H16BrClO2/c1-3-9-21-16-8-7-12(10-14(16)18)17(20)13-5-4-6-15(19)11(13)2/h4-8,10H,3,9H2,1-2H3. The van der Waals surface area contributed by atoms with Crippen molar-refractivity contribution in [2.75, 3.05) is 6.61 Å². The van der Waals surface area contributed by atoms with Crippen LogP contribution in [0.2, 0.25) is 5.02 Å². The van der Waals surface area contributed by atoms with Crippen LogP contribution in [0.5, 0.6) is 5.75 Å². The Morgan fingerprint density at radius 3 is 2.71 bits per heavy atom. The third kappa shape index (κ3) is 3.66. The van der Waals surface area contributed by atoms with Gasteiger partial charge in [0, 0.05) is 16.1 Å². The van der Waals surface area contributed by atoms with Gasteiger partial charge in [-0.1, -0.05) is 30.7 Å². The number of hydrogen-bond donors (Lipinski definition) is 0. The van der Waals surface area contributed by atoms with Crippen LogP contribution in [0, 0.1) is 6.92 Å². The number of rotatable bonds is 5. The molecule has 0 N–H and O–H groups in total. The van der Waals surface area contributed by atoms with E-state index in [4.69, 9.17) is 16.3 Å². The Labute approximate surface area is 138 Å². The van der Waals surface area contributed by atoms with Crippen molar-refractivity contribution >= 4 is 33.3 Å². The predicted molar refractivity (Wildman–Crippen MR) is 89.5 cm³/mol. The van der Waals surface area contributed by atoms with E-state index in [9.17, 15) is 4.79 Å². The van der Waals surface area contributed by atoms with E-state index < -0.39 is 0 Å². The molecule has 0 aliphatic heterocycles. The Kier molecular flexibility index (Phi) is 5.43. The van der Waals surface area contributed by atoms with Gasteiger partial charge in [0.05, 0.1) is 11.1 Å². The largest absolute Gasteiger partial charge is 0.492 e. The number of carbonyl (C=O) groups excluding carboxylic acids is 1. The van der Waals surface area contributed by atoms with Gasteiger partial charge in [-0.05, 0) is 59.1 Å². The third-order valence-corrected chi connectivity index (χ3v) is 4.20. The van der Waals surface area contributed by atoms with E-state index in [2.05, 4.69) is 15.9 Å². The van der Waals surface area contributed by atoms with Crippen LogP contribution in [-0.4, -0.2) is 12.4 Å². The van der Waals surface area contributed by atoms with E-state index >= 15 is 0 Å². The molecule has 0 aliphatic rings. The highest BCUT2D eigenvalue weighted by Crippen LogP contribution is 2.28. The van der Waals surface area contributed by atoms with Crippen molar-refractivity contribution in [2.45, 2.75) is 20.3 Å². The van der Waals surface area contributed by atoms with Gasteiger partial charge in [0.15, 0.2) is 5.78 Å². The molecule has 0 aliphatic carbocycles. The number of benzene rings is 2. The van der Waals surface area contributed by atoms with E-state index in [1.54, 1.807) is 30.3 Å². The molecule has 0 unspecified atom stereocenters. The minimum absolute atomic E-state index is 0.0438. The van der Waals surface area contributed by atoms with Gasteiger partial charge in [-0.15, -0.1) is 0 Å². The van der Waals surface area contributed by atoms with Crippen molar-refractivity contribution in [3.63, 3.8) is 0 Å². The van der Waals surface area contributed by atoms with Crippen molar-refractivity contribution in [1.82, 2.24) is 0 Å². The smallest absolute Gasteiger partial charge is 0.193 e. The van der Waals surface area contributed by atoms with Crippen LogP contribution < -0.4 is 4.74 Å². The maximum atomic E-state index is 12.6. The Balaban J connectivity index is 2.32. The van der Waals surface area contributed by atoms with Crippen molar-refractivity contribution in [1.29, 1.82) is 0 Å². The Morgan fingerprint density at radius 1 is 1.29 bits per heavy atom. The first-order chi connectivity index (χ1) is 10.0. The van der Waals surface area contributed by atoms with Gasteiger partial charge in [0.2, 0.25) is 0 Å². The second kappa shape index (κ2) is 7.10. The maximum absolute atomic E-state index is 12.6. The van der Waals surface area contributed by atoms with Crippen LogP contribution in [-0.2, 0) is 0 Å². The highest BCUT2D eigenvalue weighted by atomic mass is 79.9. The number of hydrogen-bond acceptors (Lipinski definition) is 2. The Hall–Kier alpha value is -1.32. The minimum Gasteiger partial charge on any atom is -0.492 e. The van der Waals surface area contributed by atoms with Crippen LogP contribution >= 0.6 is 27.5 Å². The molecular weight excluding hydrogens is 352 g/mol. The normalized spacial score (nSPS) is 10.5. The van der Waals surface area contributed by atoms with E-state index in [0.717, 1.165) is 22.2 Å². The highest BCUT2D eigenvalue weighted by Gasteiger charge is 2.14. The maximum Gasteiger partial charge on any atom is 0.193 e. The van der Waals surface area contributed by atoms with Gasteiger partial charge in [-0.25, -0.2) is 0 Å². The summed E-state index contributed by atoms with van der Waals surface area (Å²) in [4.78, 5) is 12.6. The molecule has 0 saturated heterocycles. The molecule has 0 amide bonds. The average molecular weight is 368 g/mol. The quantitative estimate of drug-likeness (QED) is 0.659. The molecule has 4 heteroatoms. The molecular formula is C17H16BrClO2. The number of halogens is 2. The number of ether oxygens (including phenoxy) is 1. The molecule has 110 valence electrons. The van der Waals surface area contributed by atoms with Gasteiger partial charge in [-0.3, -0.25) is 4.79 Å². The Bertz CT molecular complexity index is 668. The monoisotopic (exact) mass is 366 g/mol. The molecule has 0 radical (unpaired) electrons. The zero-order chi connectivity index (χ0) is 15.4. The van der Waals surface area contributed by atoms with Gasteiger partial charge in [0.25, 0.3) is 0 Å². The molecule has 0 spiro atoms. The summed E-state index contributed by atoms with van der Waals surface area (Å²) in [7, 11) is 0. The summed E-state index contributed by atoms with van der Waals surface area (Å²) in [5.41, 5.74) is 2.03. The van der Waals surface area contributed by atoms with Crippen LogP contribution in [0.3, 0.4) is 0 Å². The molecule has 2 nitrogen and oxygen atoms in total. The first-order valence-electron chi connectivity index (χ1n) is 6.76. The van der Waals surface area contributed by atoms with Crippen LogP contribution in [0.1, 0.15) is 34.8 Å². The summed E-state index contributed by atoms with van der Waals surface area (Å²) in [5.74, 6) is 0.703. The Morgan fingerprint density at radius 2 is 2.05 bits per heavy atom. The lowest BCUT2D eigenvalue weighted by atomic mass is 9.99. The molecule has 0 aromatic heterocycles. The zero-order valence-corrected chi connectivity index (χ0v) is 14.3. The topological polar surface area (TPSA) is 26.3 Å². The second-order valence-electron chi connectivity index (χ2n) is 4.74. The van der Waals surface area contributed by atoms with Crippen LogP contribution in [0.4, 0.5) is 0 Å². The van der Waals surface area contributed by atoms with Gasteiger partial charge >= 0.3 is 0 Å². The summed E-state index contributed by atoms with van der Waals surface area (Å²) in [6.07, 6.45) is 0.939. The van der Waals surface area contributed by atoms with E-state index in [1.807, 2.05) is 19.9 Å². The molecule has 0 atom stereocenters. The number of carbonyl (C=O) groups is 1. The van der Waals surface area contributed by atoms with Crippen molar-refractivity contribution < 1.29 is 9.53 Å². The average Bonchev–Trinajstić information content (AvgIpc) is 2.48. The van der Waals surface area contributed by atoms with Crippen LogP contribution in [0.15, 0.2) is 40.9 Å². The van der Waals surface area contributed by atoms with Crippen molar-refractivity contribution in [3.05, 3.63) is 62.6 Å². The lowest BCUT2D eigenvalue weighted by Crippen LogP contribution is -2.04. The first-order valence-corrected chi connectivity index (χ1v) is 7.94. The van der Waals surface area contributed by atoms with Crippen molar-refractivity contribution in [2.24, 2.45) is 0 Å². The molecule has 0 fully saturated rings. The van der Waals surface area contributed by atoms with E-state index in [-0.39, 0.29) is 5.78 Å². The van der Waals surface area contributed by atoms with E-state index in [0.29, 0.717) is 22.8 Å². The highest BCUT2D eigenvalue weighted by molar-refractivity contribution is 9.10. The summed E-state index contributed by atoms with van der Waals surface area (Å²) in [5, 5.41) is 0.600. The zero-order valence-electron chi connectivity index (χ0n) is 12.0. The molecule has 0 saturated carbocycles. The lowest BCUT2D eigenvalue weighted by molar-refractivity contribution is 0.103. The first kappa shape index (κ1) is 16.1. The fourth-order valence-corrected chi connectivity index (χ4v) is 2.65. The predicted octanol–water partition coefficient (Wildman–Crippen LogP) is 5.43. The summed E-state index contributed by atoms with van der Waals surface area (Å²) in [6, 6.07) is 10.7. The summed E-state index contributed by atoms with van der Waals surface area (Å²) in [6.45, 7) is 4.55. The number of ketones is 1. The second-order valence-corrected chi connectivity index (χ2v) is 6.00. The van der Waals surface area contributed by atoms with E-state index in [1.165, 1.54) is 0 Å². The van der Waals surface area contributed by atoms with Gasteiger partial charge in [0.1, 0.15) is 5.75 Å². The fourth-order valence-electron chi connectivity index (χ4n) is 1.98. The third-order valence-electron chi connectivity index (χ3n) is 3.17. The van der Waals surface area contributed by atoms with Gasteiger partial charge in [-0.2, -0.15) is 0 Å². The van der Waals surface area contributed by atoms with Crippen molar-refractivity contribution in [3.8, 4) is 5.75 Å². The molecule has 0 bridgehead atoms. The molecule has 2 aromatic carbocycles. The van der Waals surface area contributed by atoms with Gasteiger partial charge < -0.3 is 4.74 Å². The summed E-state index contributed by atoms with van der Waals surface area (Å²) < 4.78 is 6.37. The fraction of sp³-hybridized carbons (Fsp3) is 0.235. The summed E-state index contributed by atoms with van der Waals surface area (Å²) >= 11 is 9.53. The van der Waals surface area contributed by atoms with Crippen LogP contribution in [0.25, 0.3) is 0 Å². The lowest BCUT2D eigenvalue weighted by Gasteiger charge is -2.10.